The third-order valence-electron chi connectivity index (χ3n) is 2.89. The van der Waals surface area contributed by atoms with E-state index in [1.807, 2.05) is 13.8 Å². The fourth-order valence-electron chi connectivity index (χ4n) is 2.07. The van der Waals surface area contributed by atoms with E-state index in [9.17, 15) is 4.79 Å². The SMILES string of the molecule is CCOC(=O)c1sc(CC2CCCN2)nc1C. The second kappa shape index (κ2) is 5.60. The zero-order chi connectivity index (χ0) is 12.3. The molecule has 0 saturated carbocycles. The molecule has 0 aliphatic carbocycles. The molecule has 0 bridgehead atoms. The van der Waals surface area contributed by atoms with E-state index >= 15 is 0 Å². The average Bonchev–Trinajstić information content (AvgIpc) is 2.89. The number of nitrogens with zero attached hydrogens (tertiary/aromatic N) is 1. The van der Waals surface area contributed by atoms with Crippen LogP contribution in [0.5, 0.6) is 0 Å². The monoisotopic (exact) mass is 254 g/mol. The van der Waals surface area contributed by atoms with E-state index < -0.39 is 0 Å². The van der Waals surface area contributed by atoms with Crippen LogP contribution >= 0.6 is 11.3 Å². The van der Waals surface area contributed by atoms with Gasteiger partial charge in [-0.1, -0.05) is 0 Å². The number of thiazole rings is 1. The number of nitrogens with one attached hydrogen (secondary N) is 1. The molecule has 1 saturated heterocycles. The summed E-state index contributed by atoms with van der Waals surface area (Å²) in [6, 6.07) is 0.524. The van der Waals surface area contributed by atoms with Crippen molar-refractivity contribution in [3.8, 4) is 0 Å². The molecule has 94 valence electrons. The lowest BCUT2D eigenvalue weighted by Crippen LogP contribution is -2.23. The molecule has 5 heteroatoms. The zero-order valence-corrected chi connectivity index (χ0v) is 11.1. The molecule has 0 radical (unpaired) electrons. The first kappa shape index (κ1) is 12.5. The van der Waals surface area contributed by atoms with Gasteiger partial charge in [-0.05, 0) is 33.2 Å². The fourth-order valence-corrected chi connectivity index (χ4v) is 3.11. The molecule has 0 aromatic carbocycles. The number of esters is 1. The Labute approximate surface area is 105 Å². The molecule has 4 nitrogen and oxygen atoms in total. The third kappa shape index (κ3) is 3.04. The van der Waals surface area contributed by atoms with E-state index in [1.54, 1.807) is 0 Å². The van der Waals surface area contributed by atoms with E-state index in [0.29, 0.717) is 17.5 Å². The van der Waals surface area contributed by atoms with Crippen LogP contribution in [-0.2, 0) is 11.2 Å². The van der Waals surface area contributed by atoms with Gasteiger partial charge in [0.05, 0.1) is 17.3 Å². The smallest absolute Gasteiger partial charge is 0.350 e. The second-order valence-electron chi connectivity index (χ2n) is 4.24. The van der Waals surface area contributed by atoms with Crippen LogP contribution in [0.3, 0.4) is 0 Å². The fraction of sp³-hybridized carbons (Fsp3) is 0.667. The van der Waals surface area contributed by atoms with Crippen LogP contribution in [-0.4, -0.2) is 30.1 Å². The summed E-state index contributed by atoms with van der Waals surface area (Å²) in [5.74, 6) is -0.242. The van der Waals surface area contributed by atoms with Crippen molar-refractivity contribution >= 4 is 17.3 Å². The number of carbonyl (C=O) groups excluding carboxylic acids is 1. The van der Waals surface area contributed by atoms with Gasteiger partial charge in [-0.2, -0.15) is 0 Å². The zero-order valence-electron chi connectivity index (χ0n) is 10.3. The van der Waals surface area contributed by atoms with Crippen LogP contribution < -0.4 is 5.32 Å². The van der Waals surface area contributed by atoms with Crippen LogP contribution in [0.15, 0.2) is 0 Å². The van der Waals surface area contributed by atoms with Gasteiger partial charge in [-0.15, -0.1) is 11.3 Å². The van der Waals surface area contributed by atoms with E-state index in [4.69, 9.17) is 4.74 Å². The van der Waals surface area contributed by atoms with Gasteiger partial charge in [-0.25, -0.2) is 9.78 Å². The number of hydrogen-bond donors (Lipinski definition) is 1. The van der Waals surface area contributed by atoms with Gasteiger partial charge in [-0.3, -0.25) is 0 Å². The Morgan fingerprint density at radius 1 is 1.65 bits per heavy atom. The second-order valence-corrected chi connectivity index (χ2v) is 5.32. The van der Waals surface area contributed by atoms with E-state index in [-0.39, 0.29) is 5.97 Å². The molecule has 1 fully saturated rings. The lowest BCUT2D eigenvalue weighted by atomic mass is 10.2. The highest BCUT2D eigenvalue weighted by Gasteiger charge is 2.20. The lowest BCUT2D eigenvalue weighted by Gasteiger charge is -2.06. The molecule has 2 rings (SSSR count). The molecule has 2 heterocycles. The lowest BCUT2D eigenvalue weighted by molar-refractivity contribution is 0.0531. The standard InChI is InChI=1S/C12H18N2O2S/c1-3-16-12(15)11-8(2)14-10(17-11)7-9-5-4-6-13-9/h9,13H,3-7H2,1-2H3. The molecule has 1 aromatic heterocycles. The van der Waals surface area contributed by atoms with Gasteiger partial charge in [0, 0.05) is 12.5 Å². The van der Waals surface area contributed by atoms with Crippen molar-refractivity contribution in [3.63, 3.8) is 0 Å². The molecular weight excluding hydrogens is 236 g/mol. The third-order valence-corrected chi connectivity index (χ3v) is 4.04. The first-order valence-electron chi connectivity index (χ1n) is 6.07. The van der Waals surface area contributed by atoms with Crippen LogP contribution in [0.1, 0.15) is 40.1 Å². The molecule has 1 aliphatic heterocycles. The summed E-state index contributed by atoms with van der Waals surface area (Å²) in [5.41, 5.74) is 0.793. The summed E-state index contributed by atoms with van der Waals surface area (Å²) in [6.45, 7) is 5.20. The minimum Gasteiger partial charge on any atom is -0.462 e. The normalized spacial score (nSPS) is 19.5. The molecule has 1 N–H and O–H groups in total. The summed E-state index contributed by atoms with van der Waals surface area (Å²) >= 11 is 1.47. The summed E-state index contributed by atoms with van der Waals surface area (Å²) in [6.07, 6.45) is 3.36. The van der Waals surface area contributed by atoms with Crippen LogP contribution in [0.25, 0.3) is 0 Å². The Hall–Kier alpha value is -0.940. The van der Waals surface area contributed by atoms with Gasteiger partial charge in [0.15, 0.2) is 0 Å². The number of rotatable bonds is 4. The first-order chi connectivity index (χ1) is 8.20. The van der Waals surface area contributed by atoms with Crippen molar-refractivity contribution in [3.05, 3.63) is 15.6 Å². The Bertz CT molecular complexity index is 397. The van der Waals surface area contributed by atoms with Crippen LogP contribution in [0.2, 0.25) is 0 Å². The highest BCUT2D eigenvalue weighted by molar-refractivity contribution is 7.13. The van der Waals surface area contributed by atoms with Gasteiger partial charge < -0.3 is 10.1 Å². The minimum absolute atomic E-state index is 0.242. The Morgan fingerprint density at radius 3 is 3.12 bits per heavy atom. The maximum absolute atomic E-state index is 11.6. The van der Waals surface area contributed by atoms with Crippen LogP contribution in [0.4, 0.5) is 0 Å². The average molecular weight is 254 g/mol. The minimum atomic E-state index is -0.242. The molecular formula is C12H18N2O2S. The summed E-state index contributed by atoms with van der Waals surface area (Å²) in [5, 5.41) is 4.47. The molecule has 1 atom stereocenters. The number of aryl methyl sites for hydroxylation is 1. The highest BCUT2D eigenvalue weighted by Crippen LogP contribution is 2.22. The van der Waals surface area contributed by atoms with E-state index in [0.717, 1.165) is 23.7 Å². The van der Waals surface area contributed by atoms with Gasteiger partial charge >= 0.3 is 5.97 Å². The summed E-state index contributed by atoms with van der Waals surface area (Å²) < 4.78 is 5.01. The maximum atomic E-state index is 11.6. The number of hydrogen-bond acceptors (Lipinski definition) is 5. The molecule has 1 aliphatic rings. The predicted molar refractivity (Wildman–Crippen MR) is 67.5 cm³/mol. The van der Waals surface area contributed by atoms with Crippen molar-refractivity contribution in [1.82, 2.24) is 10.3 Å². The number of ether oxygens (including phenoxy) is 1. The summed E-state index contributed by atoms with van der Waals surface area (Å²) in [4.78, 5) is 16.8. The Balaban J connectivity index is 2.04. The van der Waals surface area contributed by atoms with Gasteiger partial charge in [0.25, 0.3) is 0 Å². The molecule has 17 heavy (non-hydrogen) atoms. The topological polar surface area (TPSA) is 51.2 Å². The quantitative estimate of drug-likeness (QED) is 0.834. The number of carbonyl (C=O) groups is 1. The molecule has 1 unspecified atom stereocenters. The molecule has 0 amide bonds. The van der Waals surface area contributed by atoms with Crippen molar-refractivity contribution in [1.29, 1.82) is 0 Å². The molecule has 1 aromatic rings. The van der Waals surface area contributed by atoms with Crippen molar-refractivity contribution in [2.75, 3.05) is 13.2 Å². The maximum Gasteiger partial charge on any atom is 0.350 e. The van der Waals surface area contributed by atoms with Gasteiger partial charge in [0.1, 0.15) is 4.88 Å². The van der Waals surface area contributed by atoms with Crippen molar-refractivity contribution in [2.45, 2.75) is 39.2 Å². The van der Waals surface area contributed by atoms with Crippen molar-refractivity contribution < 1.29 is 9.53 Å². The predicted octanol–water partition coefficient (Wildman–Crippen LogP) is 1.92. The highest BCUT2D eigenvalue weighted by atomic mass is 32.1. The summed E-state index contributed by atoms with van der Waals surface area (Å²) in [7, 11) is 0. The van der Waals surface area contributed by atoms with E-state index in [1.165, 1.54) is 24.2 Å². The van der Waals surface area contributed by atoms with E-state index in [2.05, 4.69) is 10.3 Å². The Morgan fingerprint density at radius 2 is 2.47 bits per heavy atom. The largest absolute Gasteiger partial charge is 0.462 e. The van der Waals surface area contributed by atoms with Gasteiger partial charge in [0.2, 0.25) is 0 Å². The Kier molecular flexibility index (Phi) is 4.12. The number of aromatic nitrogens is 1. The van der Waals surface area contributed by atoms with Crippen LogP contribution in [0, 0.1) is 6.92 Å². The van der Waals surface area contributed by atoms with Crippen molar-refractivity contribution in [2.24, 2.45) is 0 Å². The molecule has 0 spiro atoms. The first-order valence-corrected chi connectivity index (χ1v) is 6.89.